The van der Waals surface area contributed by atoms with Crippen LogP contribution in [0, 0.1) is 11.3 Å². The average molecular weight is 405 g/mol. The Morgan fingerprint density at radius 3 is 2.83 bits per heavy atom. The third kappa shape index (κ3) is 6.37. The van der Waals surface area contributed by atoms with Crippen LogP contribution in [-0.4, -0.2) is 18.6 Å². The largest absolute Gasteiger partial charge is 0.490 e. The second kappa shape index (κ2) is 11.3. The van der Waals surface area contributed by atoms with Crippen LogP contribution in [0.25, 0.3) is 4.91 Å². The number of aliphatic imine (C=N–C) groups is 1. The summed E-state index contributed by atoms with van der Waals surface area (Å²) in [6, 6.07) is 8.67. The number of hydrogen-bond donors (Lipinski definition) is 0. The minimum absolute atomic E-state index is 0.0334. The van der Waals surface area contributed by atoms with Crippen molar-refractivity contribution in [3.63, 3.8) is 0 Å². The number of hydrogen-bond acceptors (Lipinski definition) is 4. The number of allylic oxidation sites excluding steroid dienone is 4. The molecule has 1 aliphatic rings. The Kier molecular flexibility index (Phi) is 8.76. The van der Waals surface area contributed by atoms with Gasteiger partial charge in [0.25, 0.3) is 0 Å². The Balaban J connectivity index is 2.18. The van der Waals surface area contributed by atoms with Gasteiger partial charge in [0.1, 0.15) is 11.8 Å². The van der Waals surface area contributed by atoms with Gasteiger partial charge in [0, 0.05) is 16.9 Å². The zero-order valence-corrected chi connectivity index (χ0v) is 18.1. The highest BCUT2D eigenvalue weighted by Crippen LogP contribution is 2.36. The average Bonchev–Trinajstić information content (AvgIpc) is 3.17. The van der Waals surface area contributed by atoms with Crippen LogP contribution < -0.4 is 0 Å². The van der Waals surface area contributed by atoms with Crippen LogP contribution in [0.4, 0.5) is 0 Å². The minimum atomic E-state index is -0.0334. The molecule has 0 amide bonds. The van der Waals surface area contributed by atoms with Crippen molar-refractivity contribution in [3.05, 3.63) is 89.4 Å². The van der Waals surface area contributed by atoms with Crippen LogP contribution in [-0.2, 0) is 17.6 Å². The van der Waals surface area contributed by atoms with Gasteiger partial charge in [-0.25, -0.2) is 0 Å². The van der Waals surface area contributed by atoms with Crippen molar-refractivity contribution < 1.29 is 4.74 Å². The van der Waals surface area contributed by atoms with Gasteiger partial charge in [-0.15, -0.1) is 11.8 Å². The van der Waals surface area contributed by atoms with Crippen LogP contribution in [0.15, 0.2) is 77.7 Å². The van der Waals surface area contributed by atoms with Gasteiger partial charge in [0.05, 0.1) is 11.7 Å². The summed E-state index contributed by atoms with van der Waals surface area (Å²) >= 11 is 1.66. The van der Waals surface area contributed by atoms with Crippen LogP contribution in [0.2, 0.25) is 0 Å². The molecule has 1 aromatic carbocycles. The van der Waals surface area contributed by atoms with Crippen LogP contribution >= 0.6 is 11.8 Å². The molecule has 29 heavy (non-hydrogen) atoms. The van der Waals surface area contributed by atoms with Crippen molar-refractivity contribution in [2.75, 3.05) is 5.75 Å². The first-order valence-corrected chi connectivity index (χ1v) is 10.7. The summed E-state index contributed by atoms with van der Waals surface area (Å²) in [6.07, 6.45) is 10.3. The second-order valence-electron chi connectivity index (χ2n) is 7.02. The van der Waals surface area contributed by atoms with E-state index in [-0.39, 0.29) is 6.10 Å². The molecule has 0 fully saturated rings. The number of nitrogens with zero attached hydrogens (tertiary/aromatic N) is 2. The summed E-state index contributed by atoms with van der Waals surface area (Å²) in [5, 5.41) is 9.57. The third-order valence-corrected chi connectivity index (χ3v) is 5.55. The molecule has 4 heteroatoms. The predicted molar refractivity (Wildman–Crippen MR) is 126 cm³/mol. The van der Waals surface area contributed by atoms with Crippen molar-refractivity contribution in [1.82, 2.24) is 0 Å². The third-order valence-electron chi connectivity index (χ3n) is 4.40. The summed E-state index contributed by atoms with van der Waals surface area (Å²) in [5.74, 6) is 1.15. The Labute approximate surface area is 178 Å². The molecule has 0 saturated heterocycles. The van der Waals surface area contributed by atoms with Crippen LogP contribution in [0.1, 0.15) is 37.0 Å². The fourth-order valence-electron chi connectivity index (χ4n) is 3.25. The maximum absolute atomic E-state index is 9.57. The Hall–Kier alpha value is -2.77. The van der Waals surface area contributed by atoms with Crippen molar-refractivity contribution in [3.8, 4) is 6.07 Å². The highest BCUT2D eigenvalue weighted by atomic mass is 32.2. The zero-order valence-electron chi connectivity index (χ0n) is 17.3. The monoisotopic (exact) mass is 404 g/mol. The van der Waals surface area contributed by atoms with Gasteiger partial charge < -0.3 is 4.74 Å². The van der Waals surface area contributed by atoms with Gasteiger partial charge in [0.2, 0.25) is 0 Å². The molecule has 0 atom stereocenters. The maximum Gasteiger partial charge on any atom is 0.137 e. The molecule has 1 aromatic rings. The molecule has 0 radical (unpaired) electrons. The highest BCUT2D eigenvalue weighted by Gasteiger charge is 2.17. The predicted octanol–water partition coefficient (Wildman–Crippen LogP) is 6.41. The molecule has 1 aliphatic carbocycles. The van der Waals surface area contributed by atoms with Gasteiger partial charge in [0.15, 0.2) is 0 Å². The molecule has 0 heterocycles. The number of thioether (sulfide) groups is 1. The molecule has 3 nitrogen and oxygen atoms in total. The standard InChI is InChI=1S/C25H28N2OS/c1-6-9-24(28-18(2)3)21(15-26)14-19(4)17-29-25(16-27-5)23-13-8-11-20-10-7-12-22(20)23/h6,8-9,11,13-14,16,18H,1,4-5,7,10,12,17H2,2-3H3/b21-14-,24-9+,25-16-. The van der Waals surface area contributed by atoms with E-state index in [0.717, 1.165) is 23.3 Å². The lowest BCUT2D eigenvalue weighted by atomic mass is 10.0. The van der Waals surface area contributed by atoms with Crippen molar-refractivity contribution in [1.29, 1.82) is 5.26 Å². The Bertz CT molecular complexity index is 913. The molecular weight excluding hydrogens is 376 g/mol. The topological polar surface area (TPSA) is 45.4 Å². The normalized spacial score (nSPS) is 14.3. The number of rotatable bonds is 10. The van der Waals surface area contributed by atoms with E-state index in [1.165, 1.54) is 23.1 Å². The molecule has 0 bridgehead atoms. The molecule has 0 unspecified atom stereocenters. The summed E-state index contributed by atoms with van der Waals surface area (Å²) in [7, 11) is 0. The molecule has 0 saturated carbocycles. The Morgan fingerprint density at radius 1 is 1.38 bits per heavy atom. The number of ether oxygens (including phenoxy) is 1. The lowest BCUT2D eigenvalue weighted by molar-refractivity contribution is 0.155. The number of nitriles is 1. The van der Waals surface area contributed by atoms with Gasteiger partial charge in [-0.05, 0) is 74.2 Å². The van der Waals surface area contributed by atoms with Crippen molar-refractivity contribution in [2.24, 2.45) is 4.99 Å². The van der Waals surface area contributed by atoms with Crippen molar-refractivity contribution >= 4 is 23.4 Å². The Morgan fingerprint density at radius 2 is 2.17 bits per heavy atom. The fraction of sp³-hybridized carbons (Fsp3) is 0.280. The molecule has 0 N–H and O–H groups in total. The van der Waals surface area contributed by atoms with Gasteiger partial charge >= 0.3 is 0 Å². The number of aryl methyl sites for hydroxylation is 1. The van der Waals surface area contributed by atoms with Crippen LogP contribution in [0.3, 0.4) is 0 Å². The van der Waals surface area contributed by atoms with Crippen LogP contribution in [0.5, 0.6) is 0 Å². The van der Waals surface area contributed by atoms with Crippen molar-refractivity contribution in [2.45, 2.75) is 39.2 Å². The maximum atomic E-state index is 9.57. The molecule has 150 valence electrons. The van der Waals surface area contributed by atoms with E-state index in [2.05, 4.69) is 49.1 Å². The number of benzene rings is 1. The van der Waals surface area contributed by atoms with Gasteiger partial charge in [-0.1, -0.05) is 37.4 Å². The van der Waals surface area contributed by atoms with Gasteiger partial charge in [-0.2, -0.15) is 5.26 Å². The van der Waals surface area contributed by atoms with E-state index < -0.39 is 0 Å². The van der Waals surface area contributed by atoms with Gasteiger partial charge in [-0.3, -0.25) is 4.99 Å². The molecule has 0 aromatic heterocycles. The molecular formula is C25H28N2OS. The van der Waals surface area contributed by atoms with E-state index in [9.17, 15) is 5.26 Å². The first-order chi connectivity index (χ1) is 14.0. The van der Waals surface area contributed by atoms with E-state index in [1.807, 2.05) is 20.0 Å². The van der Waals surface area contributed by atoms with E-state index in [0.29, 0.717) is 17.1 Å². The summed E-state index contributed by atoms with van der Waals surface area (Å²) < 4.78 is 5.75. The molecule has 0 aliphatic heterocycles. The lowest BCUT2D eigenvalue weighted by Crippen LogP contribution is -2.04. The first kappa shape index (κ1) is 22.5. The lowest BCUT2D eigenvalue weighted by Gasteiger charge is -2.14. The summed E-state index contributed by atoms with van der Waals surface area (Å²) in [5.41, 5.74) is 5.34. The quantitative estimate of drug-likeness (QED) is 0.196. The zero-order chi connectivity index (χ0) is 21.2. The fourth-order valence-corrected chi connectivity index (χ4v) is 4.17. The summed E-state index contributed by atoms with van der Waals surface area (Å²) in [6.45, 7) is 15.3. The first-order valence-electron chi connectivity index (χ1n) is 9.69. The van der Waals surface area contributed by atoms with E-state index >= 15 is 0 Å². The smallest absolute Gasteiger partial charge is 0.137 e. The highest BCUT2D eigenvalue weighted by molar-refractivity contribution is 8.08. The number of fused-ring (bicyclic) bond motifs is 1. The minimum Gasteiger partial charge on any atom is -0.490 e. The van der Waals surface area contributed by atoms with E-state index in [4.69, 9.17) is 4.74 Å². The summed E-state index contributed by atoms with van der Waals surface area (Å²) in [4.78, 5) is 5.08. The van der Waals surface area contributed by atoms with E-state index in [1.54, 1.807) is 30.0 Å². The SMILES string of the molecule is C=C/C=C(OC(C)C)\C(C#N)=C/C(=C)CS/C(=C\N=C)c1cccc2c1CCC2. The molecule has 2 rings (SSSR count). The second-order valence-corrected chi connectivity index (χ2v) is 8.04. The molecule has 0 spiro atoms.